The molecule has 0 radical (unpaired) electrons. The second-order valence-electron chi connectivity index (χ2n) is 11.5. The van der Waals surface area contributed by atoms with Gasteiger partial charge in [0.15, 0.2) is 0 Å². The Morgan fingerprint density at radius 3 is 2.60 bits per heavy atom. The molecular weight excluding hydrogens is 569 g/mol. The third-order valence-electron chi connectivity index (χ3n) is 8.53. The monoisotopic (exact) mass is 608 g/mol. The van der Waals surface area contributed by atoms with Crippen molar-refractivity contribution in [1.82, 2.24) is 19.8 Å². The Kier molecular flexibility index (Phi) is 7.56. The fourth-order valence-electron chi connectivity index (χ4n) is 5.89. The van der Waals surface area contributed by atoms with Crippen LogP contribution in [0.2, 0.25) is 16.8 Å². The van der Waals surface area contributed by atoms with Crippen LogP contribution in [0.15, 0.2) is 35.1 Å². The molecular formula is C30H38GeN4O5. The van der Waals surface area contributed by atoms with Crippen LogP contribution in [0.1, 0.15) is 49.4 Å². The standard InChI is InChI=1S/C30H38GeN4O5/c1-6-30(39)23-15-25-26-21(16-35(25)27(36)22(23)17-40-28(30)37)19(20-11-9-10-12-24(20)33-26)13-14-31(4,5)18-32-29(38)34(7-2)8-3/h9-12,15,39H,6-8,13-14,16-18H2,1-5H3,(H,32,38)/t30-/m0/s1. The van der Waals surface area contributed by atoms with Crippen LogP contribution in [0.3, 0.4) is 0 Å². The number of ether oxygens (including phenoxy) is 1. The fraction of sp³-hybridized carbons (Fsp3) is 0.467. The number of pyridine rings is 2. The number of hydrogen-bond donors (Lipinski definition) is 2. The number of urea groups is 1. The predicted octanol–water partition coefficient (Wildman–Crippen LogP) is 3.92. The molecule has 212 valence electrons. The van der Waals surface area contributed by atoms with Crippen LogP contribution in [0, 0.1) is 0 Å². The molecule has 0 spiro atoms. The Labute approximate surface area is 236 Å². The van der Waals surface area contributed by atoms with E-state index in [2.05, 4.69) is 22.9 Å². The summed E-state index contributed by atoms with van der Waals surface area (Å²) in [6.45, 7) is 7.28. The summed E-state index contributed by atoms with van der Waals surface area (Å²) >= 11 is -2.40. The SMILES string of the molecule is CCN(CC)C(=O)N[CH2][Ge]([CH3])([CH3])[CH2]Cc1c2c(nc3ccccc13)-c1cc3c(c(=O)n1C2)COC(=O)[C@]3(O)CC. The number of aryl methyl sites for hydroxylation is 1. The van der Waals surface area contributed by atoms with Gasteiger partial charge in [-0.3, -0.25) is 0 Å². The number of nitrogens with one attached hydrogen (secondary N) is 1. The third kappa shape index (κ3) is 4.72. The number of benzene rings is 1. The van der Waals surface area contributed by atoms with Gasteiger partial charge in [-0.05, 0) is 0 Å². The Morgan fingerprint density at radius 1 is 1.18 bits per heavy atom. The van der Waals surface area contributed by atoms with Crippen LogP contribution in [0.4, 0.5) is 4.79 Å². The van der Waals surface area contributed by atoms with Gasteiger partial charge >= 0.3 is 237 Å². The van der Waals surface area contributed by atoms with E-state index in [0.29, 0.717) is 36.5 Å². The summed E-state index contributed by atoms with van der Waals surface area (Å²) in [5.41, 5.74) is 2.93. The van der Waals surface area contributed by atoms with Gasteiger partial charge in [-0.15, -0.1) is 0 Å². The number of nitrogens with zero attached hydrogens (tertiary/aromatic N) is 3. The van der Waals surface area contributed by atoms with Gasteiger partial charge in [0.1, 0.15) is 0 Å². The molecule has 1 atom stereocenters. The van der Waals surface area contributed by atoms with Gasteiger partial charge < -0.3 is 0 Å². The first-order valence-electron chi connectivity index (χ1n) is 14.1. The number of fused-ring (bicyclic) bond motifs is 5. The van der Waals surface area contributed by atoms with E-state index < -0.39 is 24.8 Å². The average molecular weight is 607 g/mol. The summed E-state index contributed by atoms with van der Waals surface area (Å²) in [5, 5.41) is 17.2. The first kappa shape index (κ1) is 28.4. The van der Waals surface area contributed by atoms with Gasteiger partial charge in [0, 0.05) is 0 Å². The zero-order valence-electron chi connectivity index (χ0n) is 24.0. The van der Waals surface area contributed by atoms with Crippen molar-refractivity contribution >= 4 is 36.2 Å². The van der Waals surface area contributed by atoms with Crippen LogP contribution in [0.25, 0.3) is 22.3 Å². The molecule has 3 aromatic rings. The van der Waals surface area contributed by atoms with Crippen molar-refractivity contribution in [2.24, 2.45) is 0 Å². The Balaban J connectivity index is 1.53. The van der Waals surface area contributed by atoms with Crippen LogP contribution < -0.4 is 10.9 Å². The summed E-state index contributed by atoms with van der Waals surface area (Å²) in [6.07, 6.45) is 0.930. The fourth-order valence-corrected chi connectivity index (χ4v) is 9.52. The molecule has 40 heavy (non-hydrogen) atoms. The molecule has 5 rings (SSSR count). The number of aromatic nitrogens is 2. The van der Waals surface area contributed by atoms with Crippen molar-refractivity contribution in [2.45, 2.75) is 69.1 Å². The van der Waals surface area contributed by atoms with Crippen molar-refractivity contribution in [2.75, 3.05) is 18.5 Å². The Bertz CT molecular complexity index is 1560. The Morgan fingerprint density at radius 2 is 1.90 bits per heavy atom. The normalized spacial score (nSPS) is 17.7. The van der Waals surface area contributed by atoms with Crippen LogP contribution >= 0.6 is 0 Å². The average Bonchev–Trinajstić information content (AvgIpc) is 3.31. The molecule has 9 nitrogen and oxygen atoms in total. The minimum absolute atomic E-state index is 0.00718. The van der Waals surface area contributed by atoms with E-state index >= 15 is 0 Å². The van der Waals surface area contributed by atoms with E-state index in [9.17, 15) is 19.5 Å². The minimum atomic E-state index is -2.40. The molecule has 0 unspecified atom stereocenters. The second-order valence-corrected chi connectivity index (χ2v) is 22.4. The van der Waals surface area contributed by atoms with Crippen molar-refractivity contribution < 1.29 is 19.4 Å². The van der Waals surface area contributed by atoms with Crippen molar-refractivity contribution in [1.29, 1.82) is 0 Å². The second kappa shape index (κ2) is 10.7. The van der Waals surface area contributed by atoms with E-state index in [1.807, 2.05) is 32.0 Å². The van der Waals surface area contributed by atoms with E-state index in [4.69, 9.17) is 9.72 Å². The molecule has 0 bridgehead atoms. The van der Waals surface area contributed by atoms with Gasteiger partial charge in [0.25, 0.3) is 0 Å². The van der Waals surface area contributed by atoms with Gasteiger partial charge in [0.2, 0.25) is 0 Å². The van der Waals surface area contributed by atoms with Gasteiger partial charge in [-0.2, -0.15) is 0 Å². The topological polar surface area (TPSA) is 114 Å². The molecule has 2 aliphatic heterocycles. The first-order chi connectivity index (χ1) is 19.0. The maximum absolute atomic E-state index is 13.7. The van der Waals surface area contributed by atoms with E-state index in [1.165, 1.54) is 5.56 Å². The molecule has 0 fully saturated rings. The summed E-state index contributed by atoms with van der Waals surface area (Å²) in [7, 11) is 0. The predicted molar refractivity (Wildman–Crippen MR) is 157 cm³/mol. The molecule has 4 heterocycles. The number of aliphatic hydroxyl groups is 1. The molecule has 2 amide bonds. The number of cyclic esters (lactones) is 1. The maximum atomic E-state index is 13.7. The molecule has 2 aliphatic rings. The summed E-state index contributed by atoms with van der Waals surface area (Å²) in [5.74, 6) is 3.95. The van der Waals surface area contributed by atoms with Crippen molar-refractivity contribution in [3.05, 3.63) is 62.9 Å². The summed E-state index contributed by atoms with van der Waals surface area (Å²) in [4.78, 5) is 45.5. The number of carbonyl (C=O) groups excluding carboxylic acids is 2. The molecule has 2 N–H and O–H groups in total. The van der Waals surface area contributed by atoms with Gasteiger partial charge in [0.05, 0.1) is 0 Å². The number of amides is 2. The van der Waals surface area contributed by atoms with Crippen LogP contribution in [-0.2, 0) is 34.7 Å². The summed E-state index contributed by atoms with van der Waals surface area (Å²) in [6, 6.07) is 9.79. The van der Waals surface area contributed by atoms with Crippen molar-refractivity contribution in [3.8, 4) is 11.4 Å². The van der Waals surface area contributed by atoms with E-state index in [-0.39, 0.29) is 24.6 Å². The van der Waals surface area contributed by atoms with Gasteiger partial charge in [-0.1, -0.05) is 0 Å². The van der Waals surface area contributed by atoms with Crippen molar-refractivity contribution in [3.63, 3.8) is 0 Å². The van der Waals surface area contributed by atoms with E-state index in [0.717, 1.165) is 39.2 Å². The number of carbonyl (C=O) groups is 2. The van der Waals surface area contributed by atoms with Crippen LogP contribution in [-0.4, -0.2) is 63.3 Å². The molecule has 2 aromatic heterocycles. The number of rotatable bonds is 8. The van der Waals surface area contributed by atoms with Crippen LogP contribution in [0.5, 0.6) is 0 Å². The Hall–Kier alpha value is -3.18. The molecule has 0 aliphatic carbocycles. The zero-order valence-corrected chi connectivity index (χ0v) is 26.1. The number of para-hydroxylation sites is 1. The van der Waals surface area contributed by atoms with Gasteiger partial charge in [-0.25, -0.2) is 0 Å². The molecule has 10 heteroatoms. The third-order valence-corrected chi connectivity index (χ3v) is 14.3. The first-order valence-corrected chi connectivity index (χ1v) is 21.3. The number of hydrogen-bond acceptors (Lipinski definition) is 6. The number of esters is 1. The van der Waals surface area contributed by atoms with E-state index in [1.54, 1.807) is 22.5 Å². The summed E-state index contributed by atoms with van der Waals surface area (Å²) < 4.78 is 6.91. The zero-order chi connectivity index (χ0) is 28.8. The molecule has 0 saturated heterocycles. The quantitative estimate of drug-likeness (QED) is 0.232. The molecule has 1 aromatic carbocycles. The molecule has 0 saturated carbocycles.